The quantitative estimate of drug-likeness (QED) is 0.855. The number of amides is 2. The van der Waals surface area contributed by atoms with Crippen LogP contribution in [0.25, 0.3) is 11.1 Å². The number of aromatic nitrogens is 1. The molecular formula is C21H23N3O5. The van der Waals surface area contributed by atoms with Crippen molar-refractivity contribution in [3.05, 3.63) is 48.3 Å². The second kappa shape index (κ2) is 7.27. The van der Waals surface area contributed by atoms with Crippen molar-refractivity contribution < 1.29 is 23.8 Å². The van der Waals surface area contributed by atoms with Crippen molar-refractivity contribution in [1.82, 2.24) is 15.2 Å². The standard InChI is InChI=1S/C21H23N3O5/c1-21(2,3)29-19(25)23-11-17-18-24(20(26)28-17)12-15-10-14(4-5-16(15)27-18)13-6-8-22-9-7-13/h4-10,17-18H,11-12H2,1-3H3,(H,23,25)/t17-,18-/m0/s1. The number of alkyl carbamates (subject to hydrolysis) is 1. The molecule has 29 heavy (non-hydrogen) atoms. The molecule has 0 radical (unpaired) electrons. The van der Waals surface area contributed by atoms with Crippen molar-refractivity contribution in [3.63, 3.8) is 0 Å². The highest BCUT2D eigenvalue weighted by Crippen LogP contribution is 2.36. The zero-order valence-electron chi connectivity index (χ0n) is 16.5. The Balaban J connectivity index is 1.47. The van der Waals surface area contributed by atoms with E-state index in [0.717, 1.165) is 16.7 Å². The SMILES string of the molecule is CC(C)(C)OC(=O)NC[C@@H]1OC(=O)N2Cc3cc(-c4ccncc4)ccc3O[C@@H]12. The van der Waals surface area contributed by atoms with E-state index in [1.54, 1.807) is 33.2 Å². The normalized spacial score (nSPS) is 20.2. The van der Waals surface area contributed by atoms with Gasteiger partial charge in [-0.1, -0.05) is 6.07 Å². The molecule has 1 fully saturated rings. The third kappa shape index (κ3) is 4.11. The zero-order valence-corrected chi connectivity index (χ0v) is 16.5. The number of cyclic esters (lactones) is 1. The molecule has 152 valence electrons. The van der Waals surface area contributed by atoms with Crippen LogP contribution in [-0.2, 0) is 16.0 Å². The lowest BCUT2D eigenvalue weighted by Gasteiger charge is -2.31. The molecular weight excluding hydrogens is 374 g/mol. The predicted molar refractivity (Wildman–Crippen MR) is 104 cm³/mol. The van der Waals surface area contributed by atoms with Crippen molar-refractivity contribution >= 4 is 12.2 Å². The van der Waals surface area contributed by atoms with Crippen LogP contribution in [0.5, 0.6) is 5.75 Å². The maximum atomic E-state index is 12.3. The maximum Gasteiger partial charge on any atom is 0.413 e. The monoisotopic (exact) mass is 397 g/mol. The van der Waals surface area contributed by atoms with E-state index in [4.69, 9.17) is 14.2 Å². The number of nitrogens with one attached hydrogen (secondary N) is 1. The Morgan fingerprint density at radius 2 is 1.97 bits per heavy atom. The van der Waals surface area contributed by atoms with Crippen LogP contribution < -0.4 is 10.1 Å². The number of nitrogens with zero attached hydrogens (tertiary/aromatic N) is 2. The second-order valence-corrected chi connectivity index (χ2v) is 8.00. The topological polar surface area (TPSA) is 90.0 Å². The molecule has 0 aliphatic carbocycles. The Labute approximate surface area is 168 Å². The fourth-order valence-corrected chi connectivity index (χ4v) is 3.35. The van der Waals surface area contributed by atoms with Crippen molar-refractivity contribution in [3.8, 4) is 16.9 Å². The van der Waals surface area contributed by atoms with E-state index in [2.05, 4.69) is 10.3 Å². The van der Waals surface area contributed by atoms with E-state index in [0.29, 0.717) is 12.3 Å². The number of rotatable bonds is 3. The van der Waals surface area contributed by atoms with Gasteiger partial charge in [0.1, 0.15) is 11.4 Å². The van der Waals surface area contributed by atoms with E-state index in [9.17, 15) is 9.59 Å². The smallest absolute Gasteiger partial charge is 0.413 e. The predicted octanol–water partition coefficient (Wildman–Crippen LogP) is 3.31. The maximum absolute atomic E-state index is 12.3. The second-order valence-electron chi connectivity index (χ2n) is 8.00. The minimum atomic E-state index is -0.622. The Morgan fingerprint density at radius 1 is 1.21 bits per heavy atom. The molecule has 2 aliphatic heterocycles. The van der Waals surface area contributed by atoms with Crippen molar-refractivity contribution in [2.24, 2.45) is 0 Å². The van der Waals surface area contributed by atoms with Gasteiger partial charge in [0.15, 0.2) is 6.10 Å². The van der Waals surface area contributed by atoms with Gasteiger partial charge < -0.3 is 19.5 Å². The molecule has 8 nitrogen and oxygen atoms in total. The molecule has 0 bridgehead atoms. The summed E-state index contributed by atoms with van der Waals surface area (Å²) in [5.74, 6) is 0.699. The van der Waals surface area contributed by atoms with Gasteiger partial charge in [-0.3, -0.25) is 9.88 Å². The summed E-state index contributed by atoms with van der Waals surface area (Å²) < 4.78 is 16.7. The molecule has 0 unspecified atom stereocenters. The molecule has 4 rings (SSSR count). The highest BCUT2D eigenvalue weighted by molar-refractivity contribution is 5.73. The summed E-state index contributed by atoms with van der Waals surface area (Å²) in [5.41, 5.74) is 2.35. The van der Waals surface area contributed by atoms with E-state index >= 15 is 0 Å². The first-order valence-electron chi connectivity index (χ1n) is 9.44. The molecule has 2 aromatic rings. The van der Waals surface area contributed by atoms with Gasteiger partial charge in [-0.25, -0.2) is 9.59 Å². The summed E-state index contributed by atoms with van der Waals surface area (Å²) in [6, 6.07) is 9.72. The lowest BCUT2D eigenvalue weighted by molar-refractivity contribution is 0.0145. The van der Waals surface area contributed by atoms with Crippen LogP contribution in [0, 0.1) is 0 Å². The summed E-state index contributed by atoms with van der Waals surface area (Å²) >= 11 is 0. The van der Waals surface area contributed by atoms with Gasteiger partial charge in [-0.05, 0) is 56.2 Å². The lowest BCUT2D eigenvalue weighted by Crippen LogP contribution is -2.48. The molecule has 0 saturated carbocycles. The summed E-state index contributed by atoms with van der Waals surface area (Å²) in [5, 5.41) is 2.64. The van der Waals surface area contributed by atoms with E-state index < -0.39 is 30.1 Å². The fourth-order valence-electron chi connectivity index (χ4n) is 3.35. The van der Waals surface area contributed by atoms with Crippen molar-refractivity contribution in [2.75, 3.05) is 6.54 Å². The summed E-state index contributed by atoms with van der Waals surface area (Å²) in [7, 11) is 0. The lowest BCUT2D eigenvalue weighted by atomic mass is 10.0. The number of carbonyl (C=O) groups is 2. The van der Waals surface area contributed by atoms with Gasteiger partial charge in [0, 0.05) is 18.0 Å². The Bertz CT molecular complexity index is 926. The van der Waals surface area contributed by atoms with Crippen molar-refractivity contribution in [2.45, 2.75) is 45.2 Å². The van der Waals surface area contributed by atoms with Crippen molar-refractivity contribution in [1.29, 1.82) is 0 Å². The highest BCUT2D eigenvalue weighted by atomic mass is 16.6. The van der Waals surface area contributed by atoms with Crippen LogP contribution in [0.4, 0.5) is 9.59 Å². The summed E-state index contributed by atoms with van der Waals surface area (Å²) in [6.07, 6.45) is 1.22. The third-order valence-electron chi connectivity index (χ3n) is 4.62. The van der Waals surface area contributed by atoms with Gasteiger partial charge in [0.2, 0.25) is 6.23 Å². The molecule has 8 heteroatoms. The van der Waals surface area contributed by atoms with Crippen LogP contribution >= 0.6 is 0 Å². The Kier molecular flexibility index (Phi) is 4.77. The minimum Gasteiger partial charge on any atom is -0.466 e. The van der Waals surface area contributed by atoms with E-state index in [-0.39, 0.29) is 6.54 Å². The van der Waals surface area contributed by atoms with Crippen LogP contribution in [0.3, 0.4) is 0 Å². The average molecular weight is 397 g/mol. The van der Waals surface area contributed by atoms with Gasteiger partial charge >= 0.3 is 12.2 Å². The molecule has 0 spiro atoms. The van der Waals surface area contributed by atoms with E-state index in [1.165, 1.54) is 4.90 Å². The van der Waals surface area contributed by atoms with Crippen LogP contribution in [0.15, 0.2) is 42.7 Å². The Morgan fingerprint density at radius 3 is 2.69 bits per heavy atom. The zero-order chi connectivity index (χ0) is 20.6. The third-order valence-corrected chi connectivity index (χ3v) is 4.62. The van der Waals surface area contributed by atoms with Crippen LogP contribution in [-0.4, -0.2) is 46.5 Å². The first-order valence-corrected chi connectivity index (χ1v) is 9.44. The average Bonchev–Trinajstić information content (AvgIpc) is 2.98. The number of carbonyl (C=O) groups excluding carboxylic acids is 2. The van der Waals surface area contributed by atoms with Gasteiger partial charge in [-0.2, -0.15) is 0 Å². The van der Waals surface area contributed by atoms with Gasteiger partial charge in [-0.15, -0.1) is 0 Å². The van der Waals surface area contributed by atoms with E-state index in [1.807, 2.05) is 30.3 Å². The minimum absolute atomic E-state index is 0.103. The molecule has 2 aliphatic rings. The fraction of sp³-hybridized carbons (Fsp3) is 0.381. The molecule has 3 heterocycles. The Hall–Kier alpha value is -3.29. The van der Waals surface area contributed by atoms with Gasteiger partial charge in [0.25, 0.3) is 0 Å². The molecule has 1 aromatic carbocycles. The largest absolute Gasteiger partial charge is 0.466 e. The van der Waals surface area contributed by atoms with Gasteiger partial charge in [0.05, 0.1) is 13.1 Å². The number of hydrogen-bond acceptors (Lipinski definition) is 6. The molecule has 2 amide bonds. The summed E-state index contributed by atoms with van der Waals surface area (Å²) in [6.45, 7) is 5.83. The molecule has 1 aromatic heterocycles. The number of fused-ring (bicyclic) bond motifs is 2. The first kappa shape index (κ1) is 19.0. The number of benzene rings is 1. The molecule has 2 atom stereocenters. The molecule has 1 saturated heterocycles. The number of hydrogen-bond donors (Lipinski definition) is 1. The van der Waals surface area contributed by atoms with Crippen LogP contribution in [0.1, 0.15) is 26.3 Å². The highest BCUT2D eigenvalue weighted by Gasteiger charge is 2.46. The first-order chi connectivity index (χ1) is 13.8. The van der Waals surface area contributed by atoms with Crippen LogP contribution in [0.2, 0.25) is 0 Å². The number of ether oxygens (including phenoxy) is 3. The molecule has 1 N–H and O–H groups in total. The summed E-state index contributed by atoms with van der Waals surface area (Å²) in [4.78, 5) is 29.8. The number of pyridine rings is 1.